The van der Waals surface area contributed by atoms with Crippen LogP contribution in [0, 0.1) is 11.8 Å². The van der Waals surface area contributed by atoms with E-state index in [0.29, 0.717) is 19.3 Å². The third-order valence-electron chi connectivity index (χ3n) is 5.14. The number of aromatic hydroxyl groups is 1. The highest BCUT2D eigenvalue weighted by Crippen LogP contribution is 2.50. The molecule has 2 aliphatic rings. The molecule has 1 aromatic carbocycles. The molecule has 3 atom stereocenters. The quantitative estimate of drug-likeness (QED) is 0.854. The fourth-order valence-electron chi connectivity index (χ4n) is 3.64. The lowest BCUT2D eigenvalue weighted by molar-refractivity contribution is -0.313. The van der Waals surface area contributed by atoms with Crippen LogP contribution >= 0.6 is 0 Å². The first-order chi connectivity index (χ1) is 11.7. The number of para-hydroxylation sites is 1. The standard InChI is InChI=1S/C17H19F3N2O3/c1-2-10-7-8-13-12(9-10)16(25,17(18,19)20)22(21-13)15(24)11-5-3-4-6-14(11)23/h3-6,10,12,23,25H,2,7-9H2,1H3/t10-,12-,16+/m1/s1. The van der Waals surface area contributed by atoms with Crippen LogP contribution in [0.2, 0.25) is 0 Å². The monoisotopic (exact) mass is 356 g/mol. The molecule has 136 valence electrons. The molecule has 1 saturated carbocycles. The predicted molar refractivity (Wildman–Crippen MR) is 83.8 cm³/mol. The average molecular weight is 356 g/mol. The van der Waals surface area contributed by atoms with Gasteiger partial charge in [0.05, 0.1) is 11.5 Å². The second kappa shape index (κ2) is 6.01. The van der Waals surface area contributed by atoms with Gasteiger partial charge in [-0.2, -0.15) is 23.3 Å². The molecule has 1 amide bonds. The van der Waals surface area contributed by atoms with Gasteiger partial charge in [0.1, 0.15) is 5.75 Å². The molecule has 1 aliphatic heterocycles. The van der Waals surface area contributed by atoms with Crippen molar-refractivity contribution >= 4 is 11.6 Å². The molecule has 5 nitrogen and oxygen atoms in total. The first kappa shape index (κ1) is 17.7. The zero-order valence-corrected chi connectivity index (χ0v) is 13.6. The lowest BCUT2D eigenvalue weighted by Crippen LogP contribution is -2.61. The Hall–Kier alpha value is -2.09. The van der Waals surface area contributed by atoms with Crippen molar-refractivity contribution in [3.63, 3.8) is 0 Å². The van der Waals surface area contributed by atoms with Gasteiger partial charge in [-0.1, -0.05) is 25.5 Å². The number of alkyl halides is 3. The molecule has 1 fully saturated rings. The Morgan fingerprint density at radius 3 is 2.68 bits per heavy atom. The highest BCUT2D eigenvalue weighted by Gasteiger charge is 2.69. The smallest absolute Gasteiger partial charge is 0.439 e. The highest BCUT2D eigenvalue weighted by atomic mass is 19.4. The summed E-state index contributed by atoms with van der Waals surface area (Å²) in [5, 5.41) is 24.3. The number of amides is 1. The second-order valence-electron chi connectivity index (χ2n) is 6.55. The third kappa shape index (κ3) is 2.68. The number of fused-ring (bicyclic) bond motifs is 1. The Kier molecular flexibility index (Phi) is 4.26. The van der Waals surface area contributed by atoms with Crippen molar-refractivity contribution in [3.8, 4) is 5.75 Å². The second-order valence-corrected chi connectivity index (χ2v) is 6.55. The summed E-state index contributed by atoms with van der Waals surface area (Å²) in [5.41, 5.74) is -3.54. The van der Waals surface area contributed by atoms with Crippen LogP contribution in [0.4, 0.5) is 13.2 Å². The molecule has 0 aromatic heterocycles. The largest absolute Gasteiger partial charge is 0.507 e. The van der Waals surface area contributed by atoms with Gasteiger partial charge < -0.3 is 10.2 Å². The molecule has 1 aliphatic carbocycles. The van der Waals surface area contributed by atoms with Gasteiger partial charge in [0.2, 0.25) is 0 Å². The van der Waals surface area contributed by atoms with Crippen LogP contribution in [-0.4, -0.2) is 38.7 Å². The summed E-state index contributed by atoms with van der Waals surface area (Å²) in [6.07, 6.45) is -3.26. The summed E-state index contributed by atoms with van der Waals surface area (Å²) < 4.78 is 41.4. The van der Waals surface area contributed by atoms with Crippen LogP contribution < -0.4 is 0 Å². The minimum Gasteiger partial charge on any atom is -0.507 e. The van der Waals surface area contributed by atoms with E-state index < -0.39 is 29.5 Å². The molecule has 8 heteroatoms. The maximum absolute atomic E-state index is 13.8. The summed E-state index contributed by atoms with van der Waals surface area (Å²) in [5.74, 6) is -2.87. The minimum atomic E-state index is -5.07. The van der Waals surface area contributed by atoms with Crippen LogP contribution in [-0.2, 0) is 0 Å². The number of carbonyl (C=O) groups excluding carboxylic acids is 1. The van der Waals surface area contributed by atoms with Gasteiger partial charge in [0.25, 0.3) is 11.6 Å². The molecule has 1 heterocycles. The molecule has 0 saturated heterocycles. The molecular weight excluding hydrogens is 337 g/mol. The molecule has 0 spiro atoms. The maximum atomic E-state index is 13.8. The van der Waals surface area contributed by atoms with Gasteiger partial charge in [-0.25, -0.2) is 0 Å². The number of nitrogens with zero attached hydrogens (tertiary/aromatic N) is 2. The number of carbonyl (C=O) groups is 1. The third-order valence-corrected chi connectivity index (χ3v) is 5.14. The maximum Gasteiger partial charge on any atom is 0.439 e. The predicted octanol–water partition coefficient (Wildman–Crippen LogP) is 3.28. The highest BCUT2D eigenvalue weighted by molar-refractivity contribution is 6.01. The first-order valence-electron chi connectivity index (χ1n) is 8.19. The zero-order chi connectivity index (χ0) is 18.4. The van der Waals surface area contributed by atoms with Crippen LogP contribution in [0.15, 0.2) is 29.4 Å². The molecule has 3 rings (SSSR count). The van der Waals surface area contributed by atoms with E-state index in [2.05, 4.69) is 5.10 Å². The SMILES string of the molecule is CC[C@@H]1CCC2=NN(C(=O)c3ccccc3O)[C@@](O)(C(F)(F)F)[C@@H]2C1. The Labute approximate surface area is 142 Å². The van der Waals surface area contributed by atoms with Crippen LogP contribution in [0.5, 0.6) is 5.75 Å². The van der Waals surface area contributed by atoms with Gasteiger partial charge in [0.15, 0.2) is 0 Å². The Bertz CT molecular complexity index is 719. The van der Waals surface area contributed by atoms with Gasteiger partial charge >= 0.3 is 6.18 Å². The number of rotatable bonds is 2. The van der Waals surface area contributed by atoms with E-state index in [1.54, 1.807) is 0 Å². The number of benzene rings is 1. The van der Waals surface area contributed by atoms with Crippen molar-refractivity contribution in [1.29, 1.82) is 0 Å². The number of hydrogen-bond donors (Lipinski definition) is 2. The van der Waals surface area contributed by atoms with E-state index >= 15 is 0 Å². The normalized spacial score (nSPS) is 29.3. The molecular formula is C17H19F3N2O3. The lowest BCUT2D eigenvalue weighted by Gasteiger charge is -2.39. The number of phenolic OH excluding ortho intramolecular Hbond substituents is 1. The molecule has 1 aromatic rings. The zero-order valence-electron chi connectivity index (χ0n) is 13.6. The summed E-state index contributed by atoms with van der Waals surface area (Å²) in [6.45, 7) is 1.89. The minimum absolute atomic E-state index is 0.0398. The Morgan fingerprint density at radius 1 is 1.40 bits per heavy atom. The van der Waals surface area contributed by atoms with Gasteiger partial charge in [0, 0.05) is 5.71 Å². The number of hydrazone groups is 1. The van der Waals surface area contributed by atoms with Crippen molar-refractivity contribution in [3.05, 3.63) is 29.8 Å². The first-order valence-corrected chi connectivity index (χ1v) is 8.19. The molecule has 2 N–H and O–H groups in total. The fraction of sp³-hybridized carbons (Fsp3) is 0.529. The summed E-state index contributed by atoms with van der Waals surface area (Å²) in [4.78, 5) is 12.6. The van der Waals surface area contributed by atoms with Crippen molar-refractivity contribution in [2.45, 2.75) is 44.5 Å². The Morgan fingerprint density at radius 2 is 2.08 bits per heavy atom. The molecule has 0 radical (unpaired) electrons. The van der Waals surface area contributed by atoms with Gasteiger partial charge in [-0.3, -0.25) is 4.79 Å². The topological polar surface area (TPSA) is 73.1 Å². The Balaban J connectivity index is 2.05. The number of hydrogen-bond acceptors (Lipinski definition) is 4. The van der Waals surface area contributed by atoms with E-state index in [9.17, 15) is 28.2 Å². The van der Waals surface area contributed by atoms with Gasteiger partial charge in [-0.15, -0.1) is 0 Å². The van der Waals surface area contributed by atoms with E-state index in [1.807, 2.05) is 6.92 Å². The molecule has 0 unspecified atom stereocenters. The van der Waals surface area contributed by atoms with Crippen molar-refractivity contribution in [2.24, 2.45) is 16.9 Å². The number of aliphatic hydroxyl groups is 1. The lowest BCUT2D eigenvalue weighted by atomic mass is 9.74. The van der Waals surface area contributed by atoms with Crippen LogP contribution in [0.1, 0.15) is 43.0 Å². The van der Waals surface area contributed by atoms with Crippen LogP contribution in [0.3, 0.4) is 0 Å². The summed E-state index contributed by atoms with van der Waals surface area (Å²) in [7, 11) is 0. The summed E-state index contributed by atoms with van der Waals surface area (Å²) >= 11 is 0. The number of halogens is 3. The van der Waals surface area contributed by atoms with Crippen molar-refractivity contribution in [2.75, 3.05) is 0 Å². The fourth-order valence-corrected chi connectivity index (χ4v) is 3.64. The van der Waals surface area contributed by atoms with Crippen LogP contribution in [0.25, 0.3) is 0 Å². The van der Waals surface area contributed by atoms with Crippen molar-refractivity contribution in [1.82, 2.24) is 5.01 Å². The van der Waals surface area contributed by atoms with E-state index in [1.165, 1.54) is 24.3 Å². The van der Waals surface area contributed by atoms with E-state index in [0.717, 1.165) is 0 Å². The van der Waals surface area contributed by atoms with E-state index in [-0.39, 0.29) is 28.6 Å². The van der Waals surface area contributed by atoms with Crippen molar-refractivity contribution < 1.29 is 28.2 Å². The average Bonchev–Trinajstić information content (AvgIpc) is 2.88. The summed E-state index contributed by atoms with van der Waals surface area (Å²) in [6, 6.07) is 5.27. The van der Waals surface area contributed by atoms with Gasteiger partial charge in [-0.05, 0) is 37.3 Å². The number of phenols is 1. The molecule has 0 bridgehead atoms. The van der Waals surface area contributed by atoms with E-state index in [4.69, 9.17) is 0 Å². The molecule has 25 heavy (non-hydrogen) atoms.